The zero-order valence-electron chi connectivity index (χ0n) is 10.5. The second-order valence-corrected chi connectivity index (χ2v) is 5.53. The summed E-state index contributed by atoms with van der Waals surface area (Å²) in [7, 11) is 0. The van der Waals surface area contributed by atoms with Crippen molar-refractivity contribution < 1.29 is 9.53 Å². The first kappa shape index (κ1) is 13.1. The van der Waals surface area contributed by atoms with E-state index in [1.165, 1.54) is 11.3 Å². The molecule has 1 atom stereocenters. The molecular weight excluding hydrogens is 252 g/mol. The maximum atomic E-state index is 12.1. The molecular formula is C11H18N4O2S. The number of aromatic nitrogens is 1. The molecule has 3 N–H and O–H groups in total. The predicted molar refractivity (Wildman–Crippen MR) is 71.8 cm³/mol. The van der Waals surface area contributed by atoms with Gasteiger partial charge < -0.3 is 20.7 Å². The van der Waals surface area contributed by atoms with Crippen molar-refractivity contribution in [1.82, 2.24) is 10.3 Å². The number of nitrogen functional groups attached to an aromatic ring is 1. The highest BCUT2D eigenvalue weighted by molar-refractivity contribution is 7.19. The highest BCUT2D eigenvalue weighted by atomic mass is 32.1. The summed E-state index contributed by atoms with van der Waals surface area (Å²) in [5, 5.41) is 4.33. The van der Waals surface area contributed by atoms with Crippen molar-refractivity contribution in [3.8, 4) is 0 Å². The summed E-state index contributed by atoms with van der Waals surface area (Å²) in [6.45, 7) is 5.52. The summed E-state index contributed by atoms with van der Waals surface area (Å²) in [6.07, 6.45) is 1.62. The SMILES string of the molecule is CC(C)NC(=O)C1COCCN1c1ncc(N)s1. The fourth-order valence-corrected chi connectivity index (χ4v) is 2.60. The van der Waals surface area contributed by atoms with Gasteiger partial charge in [0.25, 0.3) is 0 Å². The molecule has 0 bridgehead atoms. The largest absolute Gasteiger partial charge is 0.389 e. The van der Waals surface area contributed by atoms with Crippen LogP contribution in [-0.4, -0.2) is 42.7 Å². The minimum atomic E-state index is -0.327. The third-order valence-electron chi connectivity index (χ3n) is 2.62. The molecule has 6 nitrogen and oxygen atoms in total. The lowest BCUT2D eigenvalue weighted by atomic mass is 10.2. The first-order chi connectivity index (χ1) is 8.58. The van der Waals surface area contributed by atoms with E-state index in [0.717, 1.165) is 5.13 Å². The molecule has 1 unspecified atom stereocenters. The van der Waals surface area contributed by atoms with Crippen LogP contribution in [0.5, 0.6) is 0 Å². The molecule has 1 aliphatic rings. The minimum Gasteiger partial charge on any atom is -0.389 e. The molecule has 0 aliphatic carbocycles. The van der Waals surface area contributed by atoms with Gasteiger partial charge >= 0.3 is 0 Å². The van der Waals surface area contributed by atoms with E-state index in [4.69, 9.17) is 10.5 Å². The fourth-order valence-electron chi connectivity index (χ4n) is 1.84. The Morgan fingerprint density at radius 2 is 2.50 bits per heavy atom. The molecule has 2 rings (SSSR count). The topological polar surface area (TPSA) is 80.5 Å². The maximum absolute atomic E-state index is 12.1. The van der Waals surface area contributed by atoms with Crippen LogP contribution in [0.15, 0.2) is 6.20 Å². The van der Waals surface area contributed by atoms with E-state index in [1.54, 1.807) is 6.20 Å². The van der Waals surface area contributed by atoms with E-state index in [0.29, 0.717) is 24.8 Å². The molecule has 1 fully saturated rings. The molecule has 1 aromatic heterocycles. The van der Waals surface area contributed by atoms with Crippen LogP contribution in [0.1, 0.15) is 13.8 Å². The molecule has 0 radical (unpaired) electrons. The quantitative estimate of drug-likeness (QED) is 0.834. The Morgan fingerprint density at radius 3 is 3.11 bits per heavy atom. The first-order valence-electron chi connectivity index (χ1n) is 5.94. The van der Waals surface area contributed by atoms with Crippen LogP contribution in [0, 0.1) is 0 Å². The Hall–Kier alpha value is -1.34. The molecule has 1 saturated heterocycles. The maximum Gasteiger partial charge on any atom is 0.245 e. The van der Waals surface area contributed by atoms with E-state index >= 15 is 0 Å². The highest BCUT2D eigenvalue weighted by Gasteiger charge is 2.31. The van der Waals surface area contributed by atoms with Crippen molar-refractivity contribution in [2.45, 2.75) is 25.9 Å². The van der Waals surface area contributed by atoms with E-state index in [2.05, 4.69) is 10.3 Å². The van der Waals surface area contributed by atoms with Crippen molar-refractivity contribution in [3.05, 3.63) is 6.20 Å². The number of nitrogens with one attached hydrogen (secondary N) is 1. The molecule has 0 aromatic carbocycles. The number of carbonyl (C=O) groups excluding carboxylic acids is 1. The van der Waals surface area contributed by atoms with Crippen LogP contribution < -0.4 is 16.0 Å². The number of nitrogens with two attached hydrogens (primary N) is 1. The zero-order valence-corrected chi connectivity index (χ0v) is 11.4. The lowest BCUT2D eigenvalue weighted by molar-refractivity contribution is -0.125. The smallest absolute Gasteiger partial charge is 0.245 e. The summed E-state index contributed by atoms with van der Waals surface area (Å²) in [5.41, 5.74) is 5.69. The van der Waals surface area contributed by atoms with Crippen LogP contribution in [0.3, 0.4) is 0 Å². The normalized spacial score (nSPS) is 20.2. The van der Waals surface area contributed by atoms with Crippen LogP contribution >= 0.6 is 11.3 Å². The number of carbonyl (C=O) groups is 1. The number of morpholine rings is 1. The van der Waals surface area contributed by atoms with Crippen molar-refractivity contribution >= 4 is 27.4 Å². The van der Waals surface area contributed by atoms with Gasteiger partial charge in [-0.3, -0.25) is 4.79 Å². The van der Waals surface area contributed by atoms with Crippen LogP contribution in [0.2, 0.25) is 0 Å². The molecule has 1 aromatic rings. The van der Waals surface area contributed by atoms with E-state index in [-0.39, 0.29) is 18.0 Å². The lowest BCUT2D eigenvalue weighted by Crippen LogP contribution is -2.55. The van der Waals surface area contributed by atoms with E-state index < -0.39 is 0 Å². The second-order valence-electron chi connectivity index (χ2n) is 4.49. The fraction of sp³-hybridized carbons (Fsp3) is 0.636. The number of hydrogen-bond donors (Lipinski definition) is 2. The number of thiazole rings is 1. The summed E-state index contributed by atoms with van der Waals surface area (Å²) in [6, 6.07) is -0.214. The van der Waals surface area contributed by atoms with Crippen molar-refractivity contribution in [1.29, 1.82) is 0 Å². The molecule has 0 spiro atoms. The monoisotopic (exact) mass is 270 g/mol. The molecule has 0 saturated carbocycles. The van der Waals surface area contributed by atoms with Crippen LogP contribution in [0.4, 0.5) is 10.1 Å². The molecule has 1 aliphatic heterocycles. The molecule has 18 heavy (non-hydrogen) atoms. The number of anilines is 2. The summed E-state index contributed by atoms with van der Waals surface area (Å²) >= 11 is 1.39. The Labute approximate surface area is 110 Å². The Balaban J connectivity index is 2.13. The van der Waals surface area contributed by atoms with Gasteiger partial charge in [0, 0.05) is 12.6 Å². The Bertz CT molecular complexity index is 421. The number of rotatable bonds is 3. The molecule has 7 heteroatoms. The highest BCUT2D eigenvalue weighted by Crippen LogP contribution is 2.27. The Morgan fingerprint density at radius 1 is 1.72 bits per heavy atom. The van der Waals surface area contributed by atoms with Crippen molar-refractivity contribution in [3.63, 3.8) is 0 Å². The predicted octanol–water partition coefficient (Wildman–Crippen LogP) is 0.455. The van der Waals surface area contributed by atoms with Gasteiger partial charge in [-0.15, -0.1) is 0 Å². The summed E-state index contributed by atoms with van der Waals surface area (Å²) in [4.78, 5) is 18.3. The summed E-state index contributed by atoms with van der Waals surface area (Å²) in [5.74, 6) is -0.0292. The molecule has 2 heterocycles. The van der Waals surface area contributed by atoms with Gasteiger partial charge in [-0.05, 0) is 13.8 Å². The van der Waals surface area contributed by atoms with Gasteiger partial charge in [-0.25, -0.2) is 4.98 Å². The minimum absolute atomic E-state index is 0.0292. The zero-order chi connectivity index (χ0) is 13.1. The number of hydrogen-bond acceptors (Lipinski definition) is 6. The standard InChI is InChI=1S/C11H18N4O2S/c1-7(2)14-10(16)8-6-17-4-3-15(8)11-13-5-9(12)18-11/h5,7-8H,3-4,6,12H2,1-2H3,(H,14,16). The van der Waals surface area contributed by atoms with Gasteiger partial charge in [-0.2, -0.15) is 0 Å². The van der Waals surface area contributed by atoms with Crippen LogP contribution in [0.25, 0.3) is 0 Å². The second kappa shape index (κ2) is 5.53. The number of ether oxygens (including phenoxy) is 1. The third-order valence-corrected chi connectivity index (χ3v) is 3.48. The molecule has 1 amide bonds. The Kier molecular flexibility index (Phi) is 4.03. The summed E-state index contributed by atoms with van der Waals surface area (Å²) < 4.78 is 5.39. The van der Waals surface area contributed by atoms with Crippen LogP contribution in [-0.2, 0) is 9.53 Å². The van der Waals surface area contributed by atoms with Gasteiger partial charge in [0.05, 0.1) is 19.4 Å². The van der Waals surface area contributed by atoms with Crippen molar-refractivity contribution in [2.75, 3.05) is 30.4 Å². The van der Waals surface area contributed by atoms with Gasteiger partial charge in [-0.1, -0.05) is 11.3 Å². The number of amides is 1. The van der Waals surface area contributed by atoms with Gasteiger partial charge in [0.1, 0.15) is 11.0 Å². The lowest BCUT2D eigenvalue weighted by Gasteiger charge is -2.34. The van der Waals surface area contributed by atoms with Crippen molar-refractivity contribution in [2.24, 2.45) is 0 Å². The number of nitrogens with zero attached hydrogens (tertiary/aromatic N) is 2. The molecule has 100 valence electrons. The average Bonchev–Trinajstić information content (AvgIpc) is 2.75. The van der Waals surface area contributed by atoms with E-state index in [1.807, 2.05) is 18.7 Å². The van der Waals surface area contributed by atoms with Gasteiger partial charge in [0.15, 0.2) is 5.13 Å². The van der Waals surface area contributed by atoms with Gasteiger partial charge in [0.2, 0.25) is 5.91 Å². The van der Waals surface area contributed by atoms with E-state index in [9.17, 15) is 4.79 Å². The first-order valence-corrected chi connectivity index (χ1v) is 6.75. The third kappa shape index (κ3) is 2.91. The average molecular weight is 270 g/mol.